The van der Waals surface area contributed by atoms with Gasteiger partial charge in [0.1, 0.15) is 0 Å². The average Bonchev–Trinajstić information content (AvgIpc) is 2.37. The molecule has 2 saturated heterocycles. The van der Waals surface area contributed by atoms with Gasteiger partial charge >= 0.3 is 0 Å². The first-order valence-electron chi connectivity index (χ1n) is 7.88. The van der Waals surface area contributed by atoms with Gasteiger partial charge in [0.15, 0.2) is 0 Å². The summed E-state index contributed by atoms with van der Waals surface area (Å²) >= 11 is 0. The normalized spacial score (nSPS) is 31.7. The Kier molecular flexibility index (Phi) is 6.07. The summed E-state index contributed by atoms with van der Waals surface area (Å²) in [6.45, 7) is 11.6. The molecule has 0 aliphatic carbocycles. The van der Waals surface area contributed by atoms with Crippen LogP contribution in [0, 0.1) is 5.92 Å². The van der Waals surface area contributed by atoms with Crippen LogP contribution in [0.2, 0.25) is 0 Å². The zero-order chi connectivity index (χ0) is 13.7. The molecule has 2 rings (SSSR count). The average molecular weight is 270 g/mol. The van der Waals surface area contributed by atoms with Gasteiger partial charge in [0.2, 0.25) is 0 Å². The van der Waals surface area contributed by atoms with Crippen molar-refractivity contribution in [2.24, 2.45) is 5.92 Å². The lowest BCUT2D eigenvalue weighted by Crippen LogP contribution is -2.48. The quantitative estimate of drug-likeness (QED) is 0.814. The van der Waals surface area contributed by atoms with E-state index < -0.39 is 0 Å². The lowest BCUT2D eigenvalue weighted by Gasteiger charge is -2.39. The molecule has 0 saturated carbocycles. The molecule has 0 spiro atoms. The van der Waals surface area contributed by atoms with Crippen LogP contribution in [0.25, 0.3) is 0 Å². The Morgan fingerprint density at radius 3 is 2.26 bits per heavy atom. The number of rotatable bonds is 5. The number of hydrogen-bond acceptors (Lipinski definition) is 4. The van der Waals surface area contributed by atoms with Gasteiger partial charge in [-0.3, -0.25) is 4.90 Å². The molecule has 2 heterocycles. The molecule has 0 radical (unpaired) electrons. The molecule has 0 aromatic carbocycles. The molecule has 0 amide bonds. The van der Waals surface area contributed by atoms with Crippen LogP contribution in [0.3, 0.4) is 0 Å². The molecule has 19 heavy (non-hydrogen) atoms. The molecular weight excluding hydrogens is 240 g/mol. The molecule has 2 aliphatic heterocycles. The van der Waals surface area contributed by atoms with Crippen molar-refractivity contribution in [2.45, 2.75) is 45.3 Å². The Balaban J connectivity index is 1.67. The van der Waals surface area contributed by atoms with Crippen molar-refractivity contribution in [3.05, 3.63) is 0 Å². The Bertz CT molecular complexity index is 245. The van der Waals surface area contributed by atoms with Crippen LogP contribution < -0.4 is 0 Å². The van der Waals surface area contributed by atoms with E-state index in [0.717, 1.165) is 32.0 Å². The Morgan fingerprint density at radius 2 is 1.68 bits per heavy atom. The third-order valence-electron chi connectivity index (χ3n) is 4.35. The predicted octanol–water partition coefficient (Wildman–Crippen LogP) is 1.19. The second-order valence-corrected chi connectivity index (χ2v) is 6.34. The minimum atomic E-state index is 0.323. The molecular formula is C15H30N2O2. The molecule has 112 valence electrons. The van der Waals surface area contributed by atoms with Gasteiger partial charge in [0.05, 0.1) is 12.2 Å². The Labute approximate surface area is 117 Å². The summed E-state index contributed by atoms with van der Waals surface area (Å²) in [5.74, 6) is 0.850. The third-order valence-corrected chi connectivity index (χ3v) is 4.35. The number of morpholine rings is 1. The first-order valence-corrected chi connectivity index (χ1v) is 7.88. The molecule has 1 N–H and O–H groups in total. The summed E-state index contributed by atoms with van der Waals surface area (Å²) in [6.07, 6.45) is 4.31. The van der Waals surface area contributed by atoms with Gasteiger partial charge in [-0.1, -0.05) is 0 Å². The molecule has 0 bridgehead atoms. The van der Waals surface area contributed by atoms with Crippen molar-refractivity contribution >= 4 is 0 Å². The van der Waals surface area contributed by atoms with E-state index in [9.17, 15) is 0 Å². The highest BCUT2D eigenvalue weighted by atomic mass is 16.5. The number of hydrogen-bond donors (Lipinski definition) is 1. The number of aliphatic hydroxyl groups is 1. The van der Waals surface area contributed by atoms with Crippen molar-refractivity contribution in [2.75, 3.05) is 45.9 Å². The summed E-state index contributed by atoms with van der Waals surface area (Å²) in [5, 5.41) is 8.87. The highest BCUT2D eigenvalue weighted by Crippen LogP contribution is 2.20. The van der Waals surface area contributed by atoms with Crippen LogP contribution in [0.5, 0.6) is 0 Å². The van der Waals surface area contributed by atoms with Gasteiger partial charge in [-0.15, -0.1) is 0 Å². The van der Waals surface area contributed by atoms with E-state index in [1.807, 2.05) is 0 Å². The van der Waals surface area contributed by atoms with Crippen molar-refractivity contribution < 1.29 is 9.84 Å². The molecule has 2 atom stereocenters. The van der Waals surface area contributed by atoms with Gasteiger partial charge in [-0.25, -0.2) is 0 Å². The maximum absolute atomic E-state index is 8.87. The zero-order valence-electron chi connectivity index (χ0n) is 12.6. The molecule has 0 aromatic rings. The second kappa shape index (κ2) is 7.58. The molecule has 2 fully saturated rings. The lowest BCUT2D eigenvalue weighted by atomic mass is 9.95. The van der Waals surface area contributed by atoms with Crippen LogP contribution in [0.4, 0.5) is 0 Å². The van der Waals surface area contributed by atoms with Gasteiger partial charge < -0.3 is 14.7 Å². The Morgan fingerprint density at radius 1 is 1.05 bits per heavy atom. The van der Waals surface area contributed by atoms with E-state index in [1.165, 1.54) is 32.5 Å². The summed E-state index contributed by atoms with van der Waals surface area (Å²) in [7, 11) is 0. The smallest absolute Gasteiger partial charge is 0.0678 e. The number of piperidine rings is 1. The number of nitrogens with zero attached hydrogens (tertiary/aromatic N) is 2. The van der Waals surface area contributed by atoms with E-state index in [4.69, 9.17) is 9.84 Å². The van der Waals surface area contributed by atoms with Crippen LogP contribution in [-0.4, -0.2) is 73.0 Å². The van der Waals surface area contributed by atoms with Crippen LogP contribution >= 0.6 is 0 Å². The lowest BCUT2D eigenvalue weighted by molar-refractivity contribution is -0.0731. The standard InChI is InChI=1S/C15H30N2O2/c1-13-10-17(11-14(2)19-13)12-15-4-7-16(8-5-15)6-3-9-18/h13-15,18H,3-12H2,1-2H3. The van der Waals surface area contributed by atoms with Crippen molar-refractivity contribution in [1.29, 1.82) is 0 Å². The molecule has 4 heteroatoms. The SMILES string of the molecule is CC1CN(CC2CCN(CCCO)CC2)CC(C)O1. The van der Waals surface area contributed by atoms with Gasteiger partial charge in [-0.05, 0) is 52.1 Å². The monoisotopic (exact) mass is 270 g/mol. The number of aliphatic hydroxyl groups excluding tert-OH is 1. The fraction of sp³-hybridized carbons (Fsp3) is 1.00. The molecule has 2 unspecified atom stereocenters. The fourth-order valence-corrected chi connectivity index (χ4v) is 3.49. The maximum atomic E-state index is 8.87. The second-order valence-electron chi connectivity index (χ2n) is 6.34. The van der Waals surface area contributed by atoms with Gasteiger partial charge in [0, 0.05) is 32.8 Å². The highest BCUT2D eigenvalue weighted by molar-refractivity contribution is 4.79. The fourth-order valence-electron chi connectivity index (χ4n) is 3.49. The van der Waals surface area contributed by atoms with E-state index in [1.54, 1.807) is 0 Å². The van der Waals surface area contributed by atoms with Crippen molar-refractivity contribution in [3.8, 4) is 0 Å². The topological polar surface area (TPSA) is 35.9 Å². The largest absolute Gasteiger partial charge is 0.396 e. The summed E-state index contributed by atoms with van der Waals surface area (Å²) in [5.41, 5.74) is 0. The van der Waals surface area contributed by atoms with Crippen LogP contribution in [0.1, 0.15) is 33.1 Å². The minimum absolute atomic E-state index is 0.323. The predicted molar refractivity (Wildman–Crippen MR) is 77.3 cm³/mol. The maximum Gasteiger partial charge on any atom is 0.0678 e. The number of ether oxygens (including phenoxy) is 1. The van der Waals surface area contributed by atoms with Crippen molar-refractivity contribution in [3.63, 3.8) is 0 Å². The highest BCUT2D eigenvalue weighted by Gasteiger charge is 2.26. The van der Waals surface area contributed by atoms with E-state index in [0.29, 0.717) is 18.8 Å². The number of likely N-dealkylation sites (tertiary alicyclic amines) is 1. The Hall–Kier alpha value is -0.160. The van der Waals surface area contributed by atoms with E-state index >= 15 is 0 Å². The van der Waals surface area contributed by atoms with Crippen molar-refractivity contribution in [1.82, 2.24) is 9.80 Å². The summed E-state index contributed by atoms with van der Waals surface area (Å²) in [6, 6.07) is 0. The van der Waals surface area contributed by atoms with Gasteiger partial charge in [-0.2, -0.15) is 0 Å². The third kappa shape index (κ3) is 5.03. The zero-order valence-corrected chi connectivity index (χ0v) is 12.6. The van der Waals surface area contributed by atoms with E-state index in [-0.39, 0.29) is 0 Å². The minimum Gasteiger partial charge on any atom is -0.396 e. The first-order chi connectivity index (χ1) is 9.17. The molecule has 4 nitrogen and oxygen atoms in total. The molecule has 2 aliphatic rings. The summed E-state index contributed by atoms with van der Waals surface area (Å²) < 4.78 is 5.79. The molecule has 0 aromatic heterocycles. The van der Waals surface area contributed by atoms with E-state index in [2.05, 4.69) is 23.6 Å². The van der Waals surface area contributed by atoms with Crippen LogP contribution in [0.15, 0.2) is 0 Å². The first kappa shape index (κ1) is 15.2. The van der Waals surface area contributed by atoms with Crippen LogP contribution in [-0.2, 0) is 4.74 Å². The van der Waals surface area contributed by atoms with Gasteiger partial charge in [0.25, 0.3) is 0 Å². The summed E-state index contributed by atoms with van der Waals surface area (Å²) in [4.78, 5) is 5.09.